The highest BCUT2D eigenvalue weighted by atomic mass is 32.1. The van der Waals surface area contributed by atoms with Crippen molar-refractivity contribution < 1.29 is 5.11 Å². The van der Waals surface area contributed by atoms with Crippen LogP contribution in [0.5, 0.6) is 0 Å². The summed E-state index contributed by atoms with van der Waals surface area (Å²) in [4.78, 5) is 5.42. The molecule has 19 heavy (non-hydrogen) atoms. The standard InChI is InChI=1S/C16H19NOS/c18-16-7-6-13(12-4-2-1-3-5-12)8-14(16)9-15-10-17-11-19-15/h1-5,10-11,13-14,16,18H,6-9H2. The van der Waals surface area contributed by atoms with E-state index in [9.17, 15) is 5.11 Å². The molecule has 1 aromatic heterocycles. The zero-order chi connectivity index (χ0) is 13.1. The molecule has 0 bridgehead atoms. The molecule has 1 heterocycles. The van der Waals surface area contributed by atoms with E-state index in [1.54, 1.807) is 11.3 Å². The lowest BCUT2D eigenvalue weighted by molar-refractivity contribution is 0.0623. The lowest BCUT2D eigenvalue weighted by Crippen LogP contribution is -2.29. The van der Waals surface area contributed by atoms with Crippen LogP contribution in [0.15, 0.2) is 42.0 Å². The van der Waals surface area contributed by atoms with Crippen molar-refractivity contribution in [2.24, 2.45) is 5.92 Å². The van der Waals surface area contributed by atoms with E-state index >= 15 is 0 Å². The third kappa shape index (κ3) is 3.04. The number of thiazole rings is 1. The highest BCUT2D eigenvalue weighted by Crippen LogP contribution is 2.38. The van der Waals surface area contributed by atoms with Crippen LogP contribution in [0.2, 0.25) is 0 Å². The van der Waals surface area contributed by atoms with Crippen LogP contribution in [0, 0.1) is 5.92 Å². The summed E-state index contributed by atoms with van der Waals surface area (Å²) in [6.45, 7) is 0. The van der Waals surface area contributed by atoms with Crippen LogP contribution in [0.3, 0.4) is 0 Å². The lowest BCUT2D eigenvalue weighted by atomic mass is 9.75. The highest BCUT2D eigenvalue weighted by molar-refractivity contribution is 7.09. The molecule has 0 amide bonds. The predicted octanol–water partition coefficient (Wildman–Crippen LogP) is 3.63. The van der Waals surface area contributed by atoms with Crippen molar-refractivity contribution in [3.8, 4) is 0 Å². The summed E-state index contributed by atoms with van der Waals surface area (Å²) < 4.78 is 0. The first kappa shape index (κ1) is 12.8. The molecule has 2 nitrogen and oxygen atoms in total. The Morgan fingerprint density at radius 3 is 2.79 bits per heavy atom. The van der Waals surface area contributed by atoms with Gasteiger partial charge in [-0.1, -0.05) is 30.3 Å². The van der Waals surface area contributed by atoms with Gasteiger partial charge in [0.25, 0.3) is 0 Å². The van der Waals surface area contributed by atoms with Crippen molar-refractivity contribution in [1.82, 2.24) is 4.98 Å². The maximum Gasteiger partial charge on any atom is 0.0794 e. The quantitative estimate of drug-likeness (QED) is 0.926. The number of hydrogen-bond acceptors (Lipinski definition) is 3. The van der Waals surface area contributed by atoms with E-state index in [0.29, 0.717) is 11.8 Å². The minimum atomic E-state index is -0.151. The molecule has 1 aliphatic carbocycles. The second-order valence-corrected chi connectivity index (χ2v) is 6.39. The first-order valence-corrected chi connectivity index (χ1v) is 7.81. The Morgan fingerprint density at radius 1 is 1.21 bits per heavy atom. The van der Waals surface area contributed by atoms with Gasteiger partial charge in [0.2, 0.25) is 0 Å². The molecule has 1 aromatic carbocycles. The average Bonchev–Trinajstić information content (AvgIpc) is 2.95. The lowest BCUT2D eigenvalue weighted by Gasteiger charge is -2.33. The van der Waals surface area contributed by atoms with Gasteiger partial charge in [0.15, 0.2) is 0 Å². The zero-order valence-electron chi connectivity index (χ0n) is 10.9. The van der Waals surface area contributed by atoms with E-state index in [4.69, 9.17) is 0 Å². The third-order valence-corrected chi connectivity index (χ3v) is 4.96. The Kier molecular flexibility index (Phi) is 3.95. The van der Waals surface area contributed by atoms with Crippen molar-refractivity contribution in [2.45, 2.75) is 37.7 Å². The smallest absolute Gasteiger partial charge is 0.0794 e. The Bertz CT molecular complexity index is 497. The maximum absolute atomic E-state index is 10.2. The van der Waals surface area contributed by atoms with Gasteiger partial charge in [-0.05, 0) is 43.1 Å². The summed E-state index contributed by atoms with van der Waals surface area (Å²) >= 11 is 1.69. The molecule has 3 rings (SSSR count). The van der Waals surface area contributed by atoms with Crippen molar-refractivity contribution in [2.75, 3.05) is 0 Å². The Labute approximate surface area is 118 Å². The average molecular weight is 273 g/mol. The number of aromatic nitrogens is 1. The summed E-state index contributed by atoms with van der Waals surface area (Å²) in [6.07, 6.45) is 5.86. The largest absolute Gasteiger partial charge is 0.393 e. The summed E-state index contributed by atoms with van der Waals surface area (Å²) in [7, 11) is 0. The minimum Gasteiger partial charge on any atom is -0.393 e. The van der Waals surface area contributed by atoms with Gasteiger partial charge in [0.05, 0.1) is 11.6 Å². The molecule has 1 aliphatic rings. The van der Waals surface area contributed by atoms with Crippen molar-refractivity contribution in [3.05, 3.63) is 52.5 Å². The molecule has 0 spiro atoms. The van der Waals surface area contributed by atoms with E-state index in [1.165, 1.54) is 10.4 Å². The van der Waals surface area contributed by atoms with E-state index in [2.05, 4.69) is 35.3 Å². The fraction of sp³-hybridized carbons (Fsp3) is 0.438. The first-order valence-electron chi connectivity index (χ1n) is 6.93. The summed E-state index contributed by atoms with van der Waals surface area (Å²) in [6, 6.07) is 10.7. The molecule has 3 unspecified atom stereocenters. The molecule has 1 N–H and O–H groups in total. The van der Waals surface area contributed by atoms with E-state index in [1.807, 2.05) is 11.7 Å². The van der Waals surface area contributed by atoms with E-state index in [0.717, 1.165) is 25.7 Å². The van der Waals surface area contributed by atoms with Crippen LogP contribution in [0.25, 0.3) is 0 Å². The SMILES string of the molecule is OC1CCC(c2ccccc2)CC1Cc1cncs1. The van der Waals surface area contributed by atoms with Crippen LogP contribution in [0.4, 0.5) is 0 Å². The van der Waals surface area contributed by atoms with E-state index in [-0.39, 0.29) is 6.10 Å². The van der Waals surface area contributed by atoms with Crippen LogP contribution in [-0.4, -0.2) is 16.2 Å². The molecular formula is C16H19NOS. The highest BCUT2D eigenvalue weighted by Gasteiger charge is 2.30. The van der Waals surface area contributed by atoms with Gasteiger partial charge >= 0.3 is 0 Å². The van der Waals surface area contributed by atoms with Gasteiger partial charge in [-0.2, -0.15) is 0 Å². The van der Waals surface area contributed by atoms with Crippen LogP contribution in [0.1, 0.15) is 35.6 Å². The molecule has 1 fully saturated rings. The monoisotopic (exact) mass is 273 g/mol. The van der Waals surface area contributed by atoms with Gasteiger partial charge < -0.3 is 5.11 Å². The topological polar surface area (TPSA) is 33.1 Å². The molecular weight excluding hydrogens is 254 g/mol. The minimum absolute atomic E-state index is 0.151. The number of aliphatic hydroxyl groups excluding tert-OH is 1. The normalized spacial score (nSPS) is 27.3. The molecule has 0 saturated heterocycles. The van der Waals surface area contributed by atoms with Gasteiger partial charge in [0, 0.05) is 11.1 Å². The first-order chi connectivity index (χ1) is 9.33. The molecule has 3 atom stereocenters. The summed E-state index contributed by atoms with van der Waals surface area (Å²) in [5.74, 6) is 0.974. The maximum atomic E-state index is 10.2. The third-order valence-electron chi connectivity index (χ3n) is 4.16. The fourth-order valence-electron chi connectivity index (χ4n) is 3.10. The fourth-order valence-corrected chi connectivity index (χ4v) is 3.79. The van der Waals surface area contributed by atoms with Crippen LogP contribution >= 0.6 is 11.3 Å². The predicted molar refractivity (Wildman–Crippen MR) is 78.3 cm³/mol. The number of benzene rings is 1. The summed E-state index contributed by atoms with van der Waals surface area (Å²) in [5, 5.41) is 10.2. The molecule has 1 saturated carbocycles. The second-order valence-electron chi connectivity index (χ2n) is 5.42. The van der Waals surface area contributed by atoms with Crippen molar-refractivity contribution in [1.29, 1.82) is 0 Å². The number of nitrogens with zero attached hydrogens (tertiary/aromatic N) is 1. The van der Waals surface area contributed by atoms with Crippen molar-refractivity contribution >= 4 is 11.3 Å². The number of hydrogen-bond donors (Lipinski definition) is 1. The molecule has 2 aromatic rings. The molecule has 0 aliphatic heterocycles. The zero-order valence-corrected chi connectivity index (χ0v) is 11.7. The number of rotatable bonds is 3. The summed E-state index contributed by atoms with van der Waals surface area (Å²) in [5.41, 5.74) is 3.29. The van der Waals surface area contributed by atoms with Crippen molar-refractivity contribution in [3.63, 3.8) is 0 Å². The van der Waals surface area contributed by atoms with Gasteiger partial charge in [-0.3, -0.25) is 4.98 Å². The molecule has 0 radical (unpaired) electrons. The second kappa shape index (κ2) is 5.85. The molecule has 100 valence electrons. The van der Waals surface area contributed by atoms with E-state index < -0.39 is 0 Å². The Hall–Kier alpha value is -1.19. The van der Waals surface area contributed by atoms with Gasteiger partial charge in [-0.25, -0.2) is 0 Å². The Morgan fingerprint density at radius 2 is 2.05 bits per heavy atom. The molecule has 3 heteroatoms. The van der Waals surface area contributed by atoms with Crippen LogP contribution < -0.4 is 0 Å². The van der Waals surface area contributed by atoms with Crippen LogP contribution in [-0.2, 0) is 6.42 Å². The number of aliphatic hydroxyl groups is 1. The Balaban J connectivity index is 1.70. The van der Waals surface area contributed by atoms with Gasteiger partial charge in [0.1, 0.15) is 0 Å². The van der Waals surface area contributed by atoms with Gasteiger partial charge in [-0.15, -0.1) is 11.3 Å².